The molecular formula is C20H22N6. The van der Waals surface area contributed by atoms with Crippen molar-refractivity contribution in [3.63, 3.8) is 0 Å². The van der Waals surface area contributed by atoms with E-state index in [2.05, 4.69) is 57.6 Å². The zero-order valence-electron chi connectivity index (χ0n) is 15.1. The average molecular weight is 346 g/mol. The molecule has 4 rings (SSSR count). The van der Waals surface area contributed by atoms with Crippen LogP contribution in [0.5, 0.6) is 0 Å². The molecule has 0 spiro atoms. The molecule has 1 aliphatic heterocycles. The summed E-state index contributed by atoms with van der Waals surface area (Å²) in [5.41, 5.74) is 2.66. The van der Waals surface area contributed by atoms with Crippen LogP contribution < -0.4 is 4.90 Å². The highest BCUT2D eigenvalue weighted by Gasteiger charge is 2.27. The van der Waals surface area contributed by atoms with Crippen LogP contribution in [0.3, 0.4) is 0 Å². The summed E-state index contributed by atoms with van der Waals surface area (Å²) >= 11 is 0. The number of aromatic nitrogens is 4. The van der Waals surface area contributed by atoms with Gasteiger partial charge in [-0.3, -0.25) is 0 Å². The van der Waals surface area contributed by atoms with Gasteiger partial charge in [0, 0.05) is 31.1 Å². The van der Waals surface area contributed by atoms with E-state index in [0.717, 1.165) is 43.1 Å². The van der Waals surface area contributed by atoms with E-state index in [1.807, 2.05) is 6.07 Å². The second kappa shape index (κ2) is 6.75. The number of anilines is 1. The van der Waals surface area contributed by atoms with Crippen molar-refractivity contribution < 1.29 is 0 Å². The van der Waals surface area contributed by atoms with Crippen LogP contribution in [0.4, 0.5) is 5.82 Å². The van der Waals surface area contributed by atoms with Crippen LogP contribution in [0, 0.1) is 11.3 Å². The molecule has 0 aliphatic carbocycles. The summed E-state index contributed by atoms with van der Waals surface area (Å²) in [6.07, 6.45) is 3.67. The van der Waals surface area contributed by atoms with E-state index in [1.165, 1.54) is 11.8 Å². The fraction of sp³-hybridized carbons (Fsp3) is 0.400. The summed E-state index contributed by atoms with van der Waals surface area (Å²) in [6.45, 7) is 6.22. The van der Waals surface area contributed by atoms with Gasteiger partial charge in [-0.1, -0.05) is 12.1 Å². The maximum atomic E-state index is 9.10. The second-order valence-corrected chi connectivity index (χ2v) is 7.08. The monoisotopic (exact) mass is 346 g/mol. The summed E-state index contributed by atoms with van der Waals surface area (Å²) < 4.78 is 2.37. The van der Waals surface area contributed by atoms with E-state index in [0.29, 0.717) is 17.7 Å². The molecule has 1 aromatic carbocycles. The third-order valence-corrected chi connectivity index (χ3v) is 5.02. The lowest BCUT2D eigenvalue weighted by atomic mass is 9.96. The van der Waals surface area contributed by atoms with Crippen LogP contribution in [-0.2, 0) is 0 Å². The Hall–Kier alpha value is -2.94. The molecule has 6 nitrogen and oxygen atoms in total. The molecule has 3 aromatic rings. The first kappa shape index (κ1) is 16.5. The van der Waals surface area contributed by atoms with Gasteiger partial charge in [0.15, 0.2) is 0 Å². The third kappa shape index (κ3) is 2.90. The van der Waals surface area contributed by atoms with Gasteiger partial charge in [-0.15, -0.1) is 0 Å². The fourth-order valence-electron chi connectivity index (χ4n) is 3.87. The highest BCUT2D eigenvalue weighted by Crippen LogP contribution is 2.32. The maximum Gasteiger partial charge on any atom is 0.145 e. The summed E-state index contributed by atoms with van der Waals surface area (Å²) in [5, 5.41) is 9.10. The van der Waals surface area contributed by atoms with Crippen LogP contribution in [0.1, 0.15) is 50.2 Å². The molecule has 1 fully saturated rings. The number of hydrogen-bond donors (Lipinski definition) is 0. The Labute approximate surface area is 153 Å². The van der Waals surface area contributed by atoms with Crippen LogP contribution in [0.25, 0.3) is 11.0 Å². The zero-order valence-corrected chi connectivity index (χ0v) is 15.1. The lowest BCUT2D eigenvalue weighted by Gasteiger charge is -2.33. The third-order valence-electron chi connectivity index (χ3n) is 5.02. The Bertz CT molecular complexity index is 968. The van der Waals surface area contributed by atoms with Gasteiger partial charge in [0.25, 0.3) is 0 Å². The molecule has 6 heteroatoms. The summed E-state index contributed by atoms with van der Waals surface area (Å²) in [5.74, 6) is 2.33. The number of para-hydroxylation sites is 2. The highest BCUT2D eigenvalue weighted by molar-refractivity contribution is 5.76. The van der Waals surface area contributed by atoms with Crippen molar-refractivity contribution in [3.8, 4) is 6.07 Å². The van der Waals surface area contributed by atoms with Crippen LogP contribution >= 0.6 is 0 Å². The number of hydrogen-bond acceptors (Lipinski definition) is 5. The highest BCUT2D eigenvalue weighted by atomic mass is 15.2. The number of fused-ring (bicyclic) bond motifs is 1. The van der Waals surface area contributed by atoms with Crippen molar-refractivity contribution in [2.24, 2.45) is 0 Å². The molecule has 1 saturated heterocycles. The topological polar surface area (TPSA) is 70.6 Å². The van der Waals surface area contributed by atoms with Crippen molar-refractivity contribution in [1.29, 1.82) is 5.26 Å². The average Bonchev–Trinajstić information content (AvgIpc) is 3.08. The minimum Gasteiger partial charge on any atom is -0.356 e. The maximum absolute atomic E-state index is 9.10. The quantitative estimate of drug-likeness (QED) is 0.724. The molecule has 0 radical (unpaired) electrons. The molecule has 2 aromatic heterocycles. The molecular weight excluding hydrogens is 324 g/mol. The van der Waals surface area contributed by atoms with Gasteiger partial charge in [0.05, 0.1) is 11.0 Å². The zero-order chi connectivity index (χ0) is 18.1. The van der Waals surface area contributed by atoms with Gasteiger partial charge < -0.3 is 9.47 Å². The molecule has 0 unspecified atom stereocenters. The van der Waals surface area contributed by atoms with Crippen molar-refractivity contribution in [1.82, 2.24) is 19.5 Å². The van der Waals surface area contributed by atoms with Gasteiger partial charge >= 0.3 is 0 Å². The van der Waals surface area contributed by atoms with Crippen LogP contribution in [-0.4, -0.2) is 32.6 Å². The number of nitrogens with zero attached hydrogens (tertiary/aromatic N) is 6. The minimum absolute atomic E-state index is 0.346. The Kier molecular flexibility index (Phi) is 4.29. The molecule has 1 aliphatic rings. The first-order valence-corrected chi connectivity index (χ1v) is 9.11. The van der Waals surface area contributed by atoms with Gasteiger partial charge in [-0.25, -0.2) is 15.0 Å². The number of benzene rings is 1. The molecule has 0 amide bonds. The van der Waals surface area contributed by atoms with Crippen molar-refractivity contribution in [3.05, 3.63) is 48.2 Å². The molecule has 26 heavy (non-hydrogen) atoms. The Morgan fingerprint density at radius 1 is 1.23 bits per heavy atom. The SMILES string of the molecule is CC(C)n1c([C@@H]2CCCN(c3cc(C#N)ncn3)C2)nc2ccccc21. The minimum atomic E-state index is 0.346. The van der Waals surface area contributed by atoms with E-state index < -0.39 is 0 Å². The second-order valence-electron chi connectivity index (χ2n) is 7.08. The van der Waals surface area contributed by atoms with Gasteiger partial charge in [0.2, 0.25) is 0 Å². The molecule has 0 bridgehead atoms. The Morgan fingerprint density at radius 2 is 2.08 bits per heavy atom. The van der Waals surface area contributed by atoms with E-state index in [9.17, 15) is 0 Å². The standard InChI is InChI=1S/C20H22N6/c1-14(2)26-18-8-4-3-7-17(18)24-20(26)15-6-5-9-25(12-15)19-10-16(11-21)22-13-23-19/h3-4,7-8,10,13-15H,5-6,9,12H2,1-2H3/t15-/m1/s1. The first-order valence-electron chi connectivity index (χ1n) is 9.11. The van der Waals surface area contributed by atoms with Crippen LogP contribution in [0.15, 0.2) is 36.7 Å². The fourth-order valence-corrected chi connectivity index (χ4v) is 3.87. The molecule has 0 N–H and O–H groups in total. The number of piperidine rings is 1. The Balaban J connectivity index is 1.69. The summed E-state index contributed by atoms with van der Waals surface area (Å²) in [7, 11) is 0. The van der Waals surface area contributed by atoms with Crippen molar-refractivity contribution in [2.75, 3.05) is 18.0 Å². The summed E-state index contributed by atoms with van der Waals surface area (Å²) in [4.78, 5) is 15.6. The smallest absolute Gasteiger partial charge is 0.145 e. The van der Waals surface area contributed by atoms with Crippen LogP contribution in [0.2, 0.25) is 0 Å². The number of rotatable bonds is 3. The van der Waals surface area contributed by atoms with E-state index in [4.69, 9.17) is 10.2 Å². The lowest BCUT2D eigenvalue weighted by molar-refractivity contribution is 0.458. The molecule has 0 saturated carbocycles. The largest absolute Gasteiger partial charge is 0.356 e. The molecule has 132 valence electrons. The summed E-state index contributed by atoms with van der Waals surface area (Å²) in [6, 6.07) is 12.6. The normalized spacial score (nSPS) is 17.6. The van der Waals surface area contributed by atoms with E-state index in [1.54, 1.807) is 6.07 Å². The van der Waals surface area contributed by atoms with Gasteiger partial charge in [-0.05, 0) is 38.8 Å². The lowest BCUT2D eigenvalue weighted by Crippen LogP contribution is -2.36. The van der Waals surface area contributed by atoms with Crippen molar-refractivity contribution >= 4 is 16.9 Å². The predicted octanol–water partition coefficient (Wildman–Crippen LogP) is 3.66. The predicted molar refractivity (Wildman–Crippen MR) is 101 cm³/mol. The van der Waals surface area contributed by atoms with E-state index >= 15 is 0 Å². The number of imidazole rings is 1. The van der Waals surface area contributed by atoms with E-state index in [-0.39, 0.29) is 0 Å². The number of nitriles is 1. The Morgan fingerprint density at radius 3 is 2.88 bits per heavy atom. The molecule has 3 heterocycles. The van der Waals surface area contributed by atoms with Gasteiger partial charge in [0.1, 0.15) is 29.7 Å². The first-order chi connectivity index (χ1) is 12.7. The molecule has 1 atom stereocenters. The van der Waals surface area contributed by atoms with Crippen molar-refractivity contribution in [2.45, 2.75) is 38.6 Å². The van der Waals surface area contributed by atoms with Gasteiger partial charge in [-0.2, -0.15) is 5.26 Å².